The fourth-order valence-electron chi connectivity index (χ4n) is 2.55. The van der Waals surface area contributed by atoms with Gasteiger partial charge < -0.3 is 19.2 Å². The lowest BCUT2D eigenvalue weighted by atomic mass is 10.2. The third kappa shape index (κ3) is 4.60. The Morgan fingerprint density at radius 1 is 1.15 bits per heavy atom. The number of hydrogen-bond donors (Lipinski definition) is 1. The van der Waals surface area contributed by atoms with E-state index < -0.39 is 0 Å². The van der Waals surface area contributed by atoms with Gasteiger partial charge in [-0.3, -0.25) is 4.79 Å². The molecule has 3 aromatic rings. The molecule has 140 valence electrons. The van der Waals surface area contributed by atoms with Gasteiger partial charge in [0.15, 0.2) is 11.7 Å². The van der Waals surface area contributed by atoms with Gasteiger partial charge in [0, 0.05) is 30.5 Å². The second kappa shape index (κ2) is 8.60. The summed E-state index contributed by atoms with van der Waals surface area (Å²) in [7, 11) is 3.01. The van der Waals surface area contributed by atoms with Gasteiger partial charge in [0.25, 0.3) is 0 Å². The van der Waals surface area contributed by atoms with E-state index in [1.807, 2.05) is 30.3 Å². The van der Waals surface area contributed by atoms with Crippen molar-refractivity contribution in [2.24, 2.45) is 0 Å². The molecule has 0 atom stereocenters. The number of halogens is 1. The molecule has 0 saturated carbocycles. The number of carbonyl (C=O) groups excluding carboxylic acids is 1. The molecule has 0 bridgehead atoms. The molecule has 1 heterocycles. The molecule has 0 aliphatic rings. The molecule has 1 amide bonds. The van der Waals surface area contributed by atoms with Gasteiger partial charge in [-0.2, -0.15) is 0 Å². The highest BCUT2D eigenvalue weighted by molar-refractivity contribution is 6.32. The van der Waals surface area contributed by atoms with Crippen molar-refractivity contribution in [1.82, 2.24) is 4.98 Å². The van der Waals surface area contributed by atoms with E-state index in [1.165, 1.54) is 14.2 Å². The summed E-state index contributed by atoms with van der Waals surface area (Å²) in [4.78, 5) is 16.5. The standard InChI is InChI=1S/C20H19ClN2O4/c1-25-16-11-15(17(26-2)10-14(16)21)23-19(24)8-9-20-22-12-18(27-20)13-6-4-3-5-7-13/h3-7,10-12H,8-9H2,1-2H3,(H,23,24). The Bertz CT molecular complexity index is 925. The SMILES string of the molecule is COc1cc(NC(=O)CCc2ncc(-c3ccccc3)o2)c(OC)cc1Cl. The number of oxazole rings is 1. The predicted molar refractivity (Wildman–Crippen MR) is 103 cm³/mol. The largest absolute Gasteiger partial charge is 0.495 e. The van der Waals surface area contributed by atoms with E-state index in [0.717, 1.165) is 5.56 Å². The fraction of sp³-hybridized carbons (Fsp3) is 0.200. The number of benzene rings is 2. The number of aryl methyl sites for hydroxylation is 1. The molecule has 0 radical (unpaired) electrons. The van der Waals surface area contributed by atoms with E-state index in [0.29, 0.717) is 40.3 Å². The zero-order valence-corrected chi connectivity index (χ0v) is 15.7. The maximum Gasteiger partial charge on any atom is 0.224 e. The highest BCUT2D eigenvalue weighted by Crippen LogP contribution is 2.35. The van der Waals surface area contributed by atoms with E-state index in [4.69, 9.17) is 25.5 Å². The molecule has 1 aromatic heterocycles. The maximum atomic E-state index is 12.3. The quantitative estimate of drug-likeness (QED) is 0.643. The van der Waals surface area contributed by atoms with Crippen molar-refractivity contribution in [3.8, 4) is 22.8 Å². The van der Waals surface area contributed by atoms with Crippen molar-refractivity contribution in [2.45, 2.75) is 12.8 Å². The number of aromatic nitrogens is 1. The Morgan fingerprint density at radius 3 is 2.59 bits per heavy atom. The second-order valence-electron chi connectivity index (χ2n) is 5.72. The first kappa shape index (κ1) is 18.8. The second-order valence-corrected chi connectivity index (χ2v) is 6.13. The fourth-order valence-corrected chi connectivity index (χ4v) is 2.78. The Morgan fingerprint density at radius 2 is 1.89 bits per heavy atom. The molecule has 27 heavy (non-hydrogen) atoms. The van der Waals surface area contributed by atoms with Crippen LogP contribution in [0.2, 0.25) is 5.02 Å². The minimum Gasteiger partial charge on any atom is -0.495 e. The summed E-state index contributed by atoms with van der Waals surface area (Å²) in [5.41, 5.74) is 1.43. The molecule has 2 aromatic carbocycles. The van der Waals surface area contributed by atoms with Gasteiger partial charge in [-0.1, -0.05) is 41.9 Å². The first-order valence-corrected chi connectivity index (χ1v) is 8.70. The topological polar surface area (TPSA) is 73.6 Å². The lowest BCUT2D eigenvalue weighted by Gasteiger charge is -2.13. The molecule has 0 saturated heterocycles. The third-order valence-electron chi connectivity index (χ3n) is 3.93. The van der Waals surface area contributed by atoms with Gasteiger partial charge in [0.2, 0.25) is 5.91 Å². The molecule has 1 N–H and O–H groups in total. The van der Waals surface area contributed by atoms with Crippen molar-refractivity contribution in [1.29, 1.82) is 0 Å². The zero-order valence-electron chi connectivity index (χ0n) is 15.0. The van der Waals surface area contributed by atoms with Crippen LogP contribution in [0.1, 0.15) is 12.3 Å². The van der Waals surface area contributed by atoms with E-state index in [1.54, 1.807) is 18.3 Å². The summed E-state index contributed by atoms with van der Waals surface area (Å²) < 4.78 is 16.1. The Balaban J connectivity index is 1.63. The average molecular weight is 387 g/mol. The van der Waals surface area contributed by atoms with Gasteiger partial charge in [-0.25, -0.2) is 4.98 Å². The van der Waals surface area contributed by atoms with E-state index in [9.17, 15) is 4.79 Å². The normalized spacial score (nSPS) is 10.5. The Hall–Kier alpha value is -2.99. The van der Waals surface area contributed by atoms with Crippen LogP contribution in [0.3, 0.4) is 0 Å². The molecule has 0 fully saturated rings. The Labute approximate surface area is 162 Å². The minimum absolute atomic E-state index is 0.197. The smallest absolute Gasteiger partial charge is 0.224 e. The van der Waals surface area contributed by atoms with Gasteiger partial charge in [0.05, 0.1) is 31.1 Å². The molecule has 0 spiro atoms. The molecular weight excluding hydrogens is 368 g/mol. The highest BCUT2D eigenvalue weighted by Gasteiger charge is 2.14. The zero-order chi connectivity index (χ0) is 19.2. The lowest BCUT2D eigenvalue weighted by Crippen LogP contribution is -2.13. The average Bonchev–Trinajstić information content (AvgIpc) is 3.17. The monoisotopic (exact) mass is 386 g/mol. The maximum absolute atomic E-state index is 12.3. The van der Waals surface area contributed by atoms with Crippen LogP contribution in [0.15, 0.2) is 53.1 Å². The summed E-state index contributed by atoms with van der Waals surface area (Å²) in [6.07, 6.45) is 2.25. The first-order valence-electron chi connectivity index (χ1n) is 8.32. The molecule has 7 heteroatoms. The molecule has 0 unspecified atom stereocenters. The Kier molecular flexibility index (Phi) is 5.98. The van der Waals surface area contributed by atoms with Gasteiger partial charge in [0.1, 0.15) is 11.5 Å². The number of nitrogens with zero attached hydrogens (tertiary/aromatic N) is 1. The lowest BCUT2D eigenvalue weighted by molar-refractivity contribution is -0.116. The van der Waals surface area contributed by atoms with Crippen molar-refractivity contribution in [3.63, 3.8) is 0 Å². The van der Waals surface area contributed by atoms with Crippen molar-refractivity contribution >= 4 is 23.2 Å². The molecule has 3 rings (SSSR count). The van der Waals surface area contributed by atoms with Crippen LogP contribution in [0.5, 0.6) is 11.5 Å². The van der Waals surface area contributed by atoms with Gasteiger partial charge >= 0.3 is 0 Å². The van der Waals surface area contributed by atoms with Crippen LogP contribution in [0.25, 0.3) is 11.3 Å². The summed E-state index contributed by atoms with van der Waals surface area (Å²) in [5.74, 6) is 1.89. The van der Waals surface area contributed by atoms with E-state index in [2.05, 4.69) is 10.3 Å². The van der Waals surface area contributed by atoms with Crippen molar-refractivity contribution < 1.29 is 18.7 Å². The van der Waals surface area contributed by atoms with E-state index in [-0.39, 0.29) is 12.3 Å². The summed E-state index contributed by atoms with van der Waals surface area (Å²) >= 11 is 6.07. The summed E-state index contributed by atoms with van der Waals surface area (Å²) in [6, 6.07) is 12.9. The van der Waals surface area contributed by atoms with E-state index >= 15 is 0 Å². The minimum atomic E-state index is -0.197. The van der Waals surface area contributed by atoms with Gasteiger partial charge in [-0.15, -0.1) is 0 Å². The predicted octanol–water partition coefficient (Wildman–Crippen LogP) is 4.58. The highest BCUT2D eigenvalue weighted by atomic mass is 35.5. The van der Waals surface area contributed by atoms with Crippen LogP contribution in [-0.4, -0.2) is 25.1 Å². The number of amides is 1. The van der Waals surface area contributed by atoms with Crippen LogP contribution in [0.4, 0.5) is 5.69 Å². The number of rotatable bonds is 7. The molecule has 0 aliphatic heterocycles. The van der Waals surface area contributed by atoms with Crippen LogP contribution >= 0.6 is 11.6 Å². The van der Waals surface area contributed by atoms with Crippen molar-refractivity contribution in [2.75, 3.05) is 19.5 Å². The summed E-state index contributed by atoms with van der Waals surface area (Å²) in [6.45, 7) is 0. The number of nitrogens with one attached hydrogen (secondary N) is 1. The number of hydrogen-bond acceptors (Lipinski definition) is 5. The molecular formula is C20H19ClN2O4. The number of ether oxygens (including phenoxy) is 2. The van der Waals surface area contributed by atoms with Crippen LogP contribution < -0.4 is 14.8 Å². The number of anilines is 1. The van der Waals surface area contributed by atoms with Crippen LogP contribution in [-0.2, 0) is 11.2 Å². The van der Waals surface area contributed by atoms with Gasteiger partial charge in [-0.05, 0) is 0 Å². The van der Waals surface area contributed by atoms with Crippen molar-refractivity contribution in [3.05, 3.63) is 59.6 Å². The number of methoxy groups -OCH3 is 2. The van der Waals surface area contributed by atoms with Crippen LogP contribution in [0, 0.1) is 0 Å². The molecule has 0 aliphatic carbocycles. The first-order chi connectivity index (χ1) is 13.1. The number of carbonyl (C=O) groups is 1. The summed E-state index contributed by atoms with van der Waals surface area (Å²) in [5, 5.41) is 3.20. The third-order valence-corrected chi connectivity index (χ3v) is 4.22. The molecule has 6 nitrogen and oxygen atoms in total.